The second kappa shape index (κ2) is 4.17. The van der Waals surface area contributed by atoms with Crippen molar-refractivity contribution < 1.29 is 10.2 Å². The molecule has 20 heavy (non-hydrogen) atoms. The van der Waals surface area contributed by atoms with Crippen LogP contribution in [0.2, 0.25) is 0 Å². The molecule has 0 fully saturated rings. The van der Waals surface area contributed by atoms with Gasteiger partial charge in [0.05, 0.1) is 0 Å². The number of aliphatic hydroxyl groups is 2. The molecule has 0 bridgehead atoms. The summed E-state index contributed by atoms with van der Waals surface area (Å²) in [6.45, 7) is 0. The van der Waals surface area contributed by atoms with Gasteiger partial charge in [0.15, 0.2) is 0 Å². The lowest BCUT2D eigenvalue weighted by Crippen LogP contribution is -2.37. The third kappa shape index (κ3) is 1.66. The van der Waals surface area contributed by atoms with Crippen molar-refractivity contribution in [3.05, 3.63) is 59.0 Å². The van der Waals surface area contributed by atoms with Crippen molar-refractivity contribution in [1.29, 1.82) is 0 Å². The molecule has 0 radical (unpaired) electrons. The Labute approximate surface area is 115 Å². The summed E-state index contributed by atoms with van der Waals surface area (Å²) in [7, 11) is 0. The highest BCUT2D eigenvalue weighted by Crippen LogP contribution is 2.23. The van der Waals surface area contributed by atoms with Crippen molar-refractivity contribution in [1.82, 2.24) is 0 Å². The van der Waals surface area contributed by atoms with Gasteiger partial charge in [0.25, 0.3) is 0 Å². The average Bonchev–Trinajstić information content (AvgIpc) is 2.47. The quantitative estimate of drug-likeness (QED) is 0.599. The zero-order valence-corrected chi connectivity index (χ0v) is 10.8. The second-order valence-electron chi connectivity index (χ2n) is 5.30. The largest absolute Gasteiger partial charge is 0.386 e. The Morgan fingerprint density at radius 2 is 1.30 bits per heavy atom. The fourth-order valence-corrected chi connectivity index (χ4v) is 2.94. The van der Waals surface area contributed by atoms with Crippen LogP contribution >= 0.6 is 0 Å². The molecule has 3 aromatic carbocycles. The highest BCUT2D eigenvalue weighted by atomic mass is 16.3. The monoisotopic (exact) mass is 262 g/mol. The van der Waals surface area contributed by atoms with Gasteiger partial charge in [-0.3, -0.25) is 0 Å². The molecule has 2 heteroatoms. The summed E-state index contributed by atoms with van der Waals surface area (Å²) in [4.78, 5) is 0. The molecular formula is C18H14O2. The number of fused-ring (bicyclic) bond motifs is 4. The van der Waals surface area contributed by atoms with Gasteiger partial charge < -0.3 is 10.2 Å². The molecule has 1 aliphatic carbocycles. The average molecular weight is 262 g/mol. The summed E-state index contributed by atoms with van der Waals surface area (Å²) in [5.74, 6) is 0. The maximum atomic E-state index is 9.77. The fraction of sp³-hybridized carbons (Fsp3) is 0.111. The van der Waals surface area contributed by atoms with Crippen LogP contribution in [0.25, 0.3) is 33.7 Å². The normalized spacial score (nSPS) is 21.3. The van der Waals surface area contributed by atoms with Crippen molar-refractivity contribution in [2.24, 2.45) is 0 Å². The molecule has 0 unspecified atom stereocenters. The molecule has 98 valence electrons. The summed E-state index contributed by atoms with van der Waals surface area (Å²) >= 11 is 0. The molecule has 0 saturated carbocycles. The summed E-state index contributed by atoms with van der Waals surface area (Å²) in [6, 6.07) is 16.7. The molecular weight excluding hydrogens is 248 g/mol. The Morgan fingerprint density at radius 1 is 0.650 bits per heavy atom. The molecule has 0 aromatic heterocycles. The van der Waals surface area contributed by atoms with Crippen molar-refractivity contribution in [2.75, 3.05) is 0 Å². The Bertz CT molecular complexity index is 941. The Morgan fingerprint density at radius 3 is 2.10 bits per heavy atom. The summed E-state index contributed by atoms with van der Waals surface area (Å²) in [5.41, 5.74) is 0. The summed E-state index contributed by atoms with van der Waals surface area (Å²) in [5, 5.41) is 26.2. The fourth-order valence-electron chi connectivity index (χ4n) is 2.94. The van der Waals surface area contributed by atoms with E-state index in [0.29, 0.717) is 0 Å². The molecule has 2 nitrogen and oxygen atoms in total. The van der Waals surface area contributed by atoms with Gasteiger partial charge in [-0.2, -0.15) is 0 Å². The minimum Gasteiger partial charge on any atom is -0.386 e. The number of hydrogen-bond acceptors (Lipinski definition) is 2. The predicted molar refractivity (Wildman–Crippen MR) is 81.6 cm³/mol. The van der Waals surface area contributed by atoms with E-state index >= 15 is 0 Å². The van der Waals surface area contributed by atoms with Crippen molar-refractivity contribution in [2.45, 2.75) is 12.2 Å². The number of aliphatic hydroxyl groups excluding tert-OH is 2. The van der Waals surface area contributed by atoms with Crippen LogP contribution in [-0.2, 0) is 0 Å². The van der Waals surface area contributed by atoms with Gasteiger partial charge in [0.1, 0.15) is 12.2 Å². The van der Waals surface area contributed by atoms with Crippen molar-refractivity contribution in [3.63, 3.8) is 0 Å². The van der Waals surface area contributed by atoms with Crippen molar-refractivity contribution in [3.8, 4) is 0 Å². The second-order valence-corrected chi connectivity index (χ2v) is 5.30. The topological polar surface area (TPSA) is 40.5 Å². The van der Waals surface area contributed by atoms with E-state index in [2.05, 4.69) is 36.4 Å². The van der Waals surface area contributed by atoms with Gasteiger partial charge in [-0.1, -0.05) is 36.4 Å². The van der Waals surface area contributed by atoms with E-state index in [0.717, 1.165) is 15.8 Å². The summed E-state index contributed by atoms with van der Waals surface area (Å²) < 4.78 is 0. The minimum absolute atomic E-state index is 0.819. The summed E-state index contributed by atoms with van der Waals surface area (Å²) in [6.07, 6.45) is 1.80. The smallest absolute Gasteiger partial charge is 0.102 e. The van der Waals surface area contributed by atoms with E-state index in [1.807, 2.05) is 12.1 Å². The number of benzene rings is 3. The van der Waals surface area contributed by atoms with E-state index < -0.39 is 12.2 Å². The molecule has 0 spiro atoms. The van der Waals surface area contributed by atoms with Crippen LogP contribution in [0.1, 0.15) is 0 Å². The van der Waals surface area contributed by atoms with Crippen LogP contribution in [0.5, 0.6) is 0 Å². The zero-order chi connectivity index (χ0) is 13.7. The SMILES string of the molecule is O[C@@H]1C=c2cc3ccc4ccccc4c3cc2=C[C@H]1O. The third-order valence-electron chi connectivity index (χ3n) is 4.00. The highest BCUT2D eigenvalue weighted by molar-refractivity contribution is 6.07. The van der Waals surface area contributed by atoms with Gasteiger partial charge in [0, 0.05) is 0 Å². The molecule has 0 saturated heterocycles. The molecule has 2 N–H and O–H groups in total. The lowest BCUT2D eigenvalue weighted by molar-refractivity contribution is 0.0993. The van der Waals surface area contributed by atoms with Gasteiger partial charge in [-0.25, -0.2) is 0 Å². The van der Waals surface area contributed by atoms with E-state index in [-0.39, 0.29) is 0 Å². The first-order valence-electron chi connectivity index (χ1n) is 6.74. The molecule has 0 amide bonds. The number of hydrogen-bond donors (Lipinski definition) is 2. The first kappa shape index (κ1) is 11.6. The molecule has 2 atom stereocenters. The molecule has 3 aromatic rings. The first-order valence-corrected chi connectivity index (χ1v) is 6.74. The van der Waals surface area contributed by atoms with E-state index in [4.69, 9.17) is 0 Å². The highest BCUT2D eigenvalue weighted by Gasteiger charge is 2.14. The van der Waals surface area contributed by atoms with Crippen LogP contribution in [0.3, 0.4) is 0 Å². The lowest BCUT2D eigenvalue weighted by Gasteiger charge is -2.15. The molecule has 0 aliphatic heterocycles. The minimum atomic E-state index is -0.824. The van der Waals surface area contributed by atoms with Crippen LogP contribution in [0.4, 0.5) is 0 Å². The van der Waals surface area contributed by atoms with Gasteiger partial charge in [-0.15, -0.1) is 0 Å². The first-order chi connectivity index (χ1) is 9.72. The maximum absolute atomic E-state index is 9.77. The third-order valence-corrected chi connectivity index (χ3v) is 4.00. The van der Waals surface area contributed by atoms with Crippen LogP contribution < -0.4 is 10.4 Å². The molecule has 1 aliphatic rings. The zero-order valence-electron chi connectivity index (χ0n) is 10.8. The molecule has 0 heterocycles. The van der Waals surface area contributed by atoms with E-state index in [9.17, 15) is 10.2 Å². The Balaban J connectivity index is 2.18. The maximum Gasteiger partial charge on any atom is 0.102 e. The predicted octanol–water partition coefficient (Wildman–Crippen LogP) is 1.29. The van der Waals surface area contributed by atoms with Crippen molar-refractivity contribution >= 4 is 33.7 Å². The van der Waals surface area contributed by atoms with Crippen LogP contribution in [-0.4, -0.2) is 22.4 Å². The van der Waals surface area contributed by atoms with Crippen LogP contribution in [0, 0.1) is 0 Å². The standard InChI is InChI=1S/C18H14O2/c19-17-9-13-7-12-6-5-11-3-1-2-4-15(11)16(12)8-14(13)10-18(17)20/h1-10,17-20H/t17-,18-/m1/s1. The number of rotatable bonds is 0. The van der Waals surface area contributed by atoms with E-state index in [1.54, 1.807) is 12.2 Å². The molecule has 4 rings (SSSR count). The van der Waals surface area contributed by atoms with Gasteiger partial charge >= 0.3 is 0 Å². The Kier molecular flexibility index (Phi) is 2.43. The van der Waals surface area contributed by atoms with Gasteiger partial charge in [-0.05, 0) is 56.3 Å². The van der Waals surface area contributed by atoms with E-state index in [1.165, 1.54) is 16.2 Å². The van der Waals surface area contributed by atoms with Gasteiger partial charge in [0.2, 0.25) is 0 Å². The lowest BCUT2D eigenvalue weighted by atomic mass is 9.97. The Hall–Kier alpha value is -2.16. The van der Waals surface area contributed by atoms with Crippen LogP contribution in [0.15, 0.2) is 48.5 Å².